The maximum absolute atomic E-state index is 11.9. The van der Waals surface area contributed by atoms with E-state index < -0.39 is 5.97 Å². The quantitative estimate of drug-likeness (QED) is 0.727. The number of anilines is 1. The van der Waals surface area contributed by atoms with Gasteiger partial charge in [-0.15, -0.1) is 0 Å². The second kappa shape index (κ2) is 6.13. The maximum atomic E-state index is 11.9. The number of carbonyl (C=O) groups excluding carboxylic acids is 2. The van der Waals surface area contributed by atoms with Crippen LogP contribution in [0.2, 0.25) is 0 Å². The summed E-state index contributed by atoms with van der Waals surface area (Å²) < 4.78 is 4.95. The summed E-state index contributed by atoms with van der Waals surface area (Å²) in [6.45, 7) is -0.332. The van der Waals surface area contributed by atoms with E-state index >= 15 is 0 Å². The zero-order valence-electron chi connectivity index (χ0n) is 11.7. The smallest absolute Gasteiger partial charge is 0.355 e. The van der Waals surface area contributed by atoms with Crippen LogP contribution in [-0.4, -0.2) is 23.5 Å². The molecule has 1 amide bonds. The number of hydrogen-bond donors (Lipinski definition) is 2. The number of carbonyl (C=O) groups is 2. The van der Waals surface area contributed by atoms with E-state index in [1.54, 1.807) is 18.3 Å². The van der Waals surface area contributed by atoms with Crippen molar-refractivity contribution < 1.29 is 14.3 Å². The topological polar surface area (TPSA) is 71.2 Å². The zero-order chi connectivity index (χ0) is 15.4. The van der Waals surface area contributed by atoms with Gasteiger partial charge in [0.05, 0.1) is 0 Å². The normalized spacial score (nSPS) is 10.4. The molecule has 0 fully saturated rings. The van der Waals surface area contributed by atoms with Crippen LogP contribution in [0.25, 0.3) is 10.8 Å². The third kappa shape index (κ3) is 2.98. The second-order valence-electron chi connectivity index (χ2n) is 4.73. The fourth-order valence-electron chi connectivity index (χ4n) is 2.19. The molecule has 5 heteroatoms. The van der Waals surface area contributed by atoms with Gasteiger partial charge < -0.3 is 15.0 Å². The summed E-state index contributed by atoms with van der Waals surface area (Å²) in [7, 11) is 0. The van der Waals surface area contributed by atoms with E-state index in [0.717, 1.165) is 10.8 Å². The fraction of sp³-hybridized carbons (Fsp3) is 0.0588. The molecule has 0 unspecified atom stereocenters. The van der Waals surface area contributed by atoms with Crippen LogP contribution in [-0.2, 0) is 9.53 Å². The molecule has 2 aromatic carbocycles. The van der Waals surface area contributed by atoms with E-state index in [1.807, 2.05) is 42.5 Å². The van der Waals surface area contributed by atoms with Crippen molar-refractivity contribution in [3.63, 3.8) is 0 Å². The highest BCUT2D eigenvalue weighted by Crippen LogP contribution is 2.22. The molecule has 0 saturated heterocycles. The highest BCUT2D eigenvalue weighted by molar-refractivity contribution is 6.03. The minimum Gasteiger partial charge on any atom is -0.451 e. The molecule has 0 bridgehead atoms. The van der Waals surface area contributed by atoms with Gasteiger partial charge in [0.15, 0.2) is 6.61 Å². The summed E-state index contributed by atoms with van der Waals surface area (Å²) in [5.74, 6) is -0.936. The fourth-order valence-corrected chi connectivity index (χ4v) is 2.19. The summed E-state index contributed by atoms with van der Waals surface area (Å²) in [4.78, 5) is 26.3. The molecule has 22 heavy (non-hydrogen) atoms. The van der Waals surface area contributed by atoms with Gasteiger partial charge in [-0.05, 0) is 23.6 Å². The van der Waals surface area contributed by atoms with E-state index in [1.165, 1.54) is 0 Å². The summed E-state index contributed by atoms with van der Waals surface area (Å²) >= 11 is 0. The van der Waals surface area contributed by atoms with Crippen LogP contribution in [0, 0.1) is 0 Å². The predicted octanol–water partition coefficient (Wildman–Crippen LogP) is 2.96. The minimum absolute atomic E-state index is 0.318. The monoisotopic (exact) mass is 294 g/mol. The third-order valence-electron chi connectivity index (χ3n) is 3.22. The lowest BCUT2D eigenvalue weighted by atomic mass is 10.1. The number of nitrogens with one attached hydrogen (secondary N) is 2. The van der Waals surface area contributed by atoms with Crippen molar-refractivity contribution in [2.75, 3.05) is 11.9 Å². The molecule has 1 heterocycles. The first-order chi connectivity index (χ1) is 10.7. The first-order valence-electron chi connectivity index (χ1n) is 6.82. The molecule has 5 nitrogen and oxygen atoms in total. The molecule has 2 N–H and O–H groups in total. The SMILES string of the molecule is O=C(COC(=O)c1ccc[nH]1)Nc1cccc2ccccc12. The Morgan fingerprint density at radius 2 is 1.82 bits per heavy atom. The standard InChI is InChI=1S/C17H14N2O3/c20-16(11-22-17(21)15-9-4-10-18-15)19-14-8-3-6-12-5-1-2-7-13(12)14/h1-10,18H,11H2,(H,19,20). The Labute approximate surface area is 126 Å². The van der Waals surface area contributed by atoms with Gasteiger partial charge in [0, 0.05) is 17.3 Å². The van der Waals surface area contributed by atoms with Crippen molar-refractivity contribution in [3.8, 4) is 0 Å². The second-order valence-corrected chi connectivity index (χ2v) is 4.73. The average Bonchev–Trinajstić information content (AvgIpc) is 3.07. The number of H-pyrrole nitrogens is 1. The number of benzene rings is 2. The predicted molar refractivity (Wildman–Crippen MR) is 83.7 cm³/mol. The van der Waals surface area contributed by atoms with Crippen LogP contribution in [0.4, 0.5) is 5.69 Å². The minimum atomic E-state index is -0.557. The third-order valence-corrected chi connectivity index (χ3v) is 3.22. The van der Waals surface area contributed by atoms with E-state index in [9.17, 15) is 9.59 Å². The van der Waals surface area contributed by atoms with Gasteiger partial charge in [0.25, 0.3) is 5.91 Å². The molecular formula is C17H14N2O3. The number of amides is 1. The molecule has 110 valence electrons. The summed E-state index contributed by atoms with van der Waals surface area (Å²) in [5, 5.41) is 4.73. The summed E-state index contributed by atoms with van der Waals surface area (Å²) in [6.07, 6.45) is 1.62. The molecule has 0 spiro atoms. The Kier molecular flexibility index (Phi) is 3.87. The van der Waals surface area contributed by atoms with Crippen molar-refractivity contribution in [2.24, 2.45) is 0 Å². The summed E-state index contributed by atoms with van der Waals surface area (Å²) in [6, 6.07) is 16.7. The Hall–Kier alpha value is -3.08. The van der Waals surface area contributed by atoms with Crippen molar-refractivity contribution in [3.05, 3.63) is 66.5 Å². The van der Waals surface area contributed by atoms with Gasteiger partial charge in [-0.1, -0.05) is 36.4 Å². The number of ether oxygens (including phenoxy) is 1. The van der Waals surface area contributed by atoms with Crippen molar-refractivity contribution >= 4 is 28.3 Å². The van der Waals surface area contributed by atoms with E-state index in [4.69, 9.17) is 4.74 Å². The van der Waals surface area contributed by atoms with E-state index in [2.05, 4.69) is 10.3 Å². The Morgan fingerprint density at radius 3 is 2.64 bits per heavy atom. The number of fused-ring (bicyclic) bond motifs is 1. The molecule has 0 aliphatic heterocycles. The van der Waals surface area contributed by atoms with Crippen LogP contribution < -0.4 is 5.32 Å². The van der Waals surface area contributed by atoms with Crippen molar-refractivity contribution in [1.29, 1.82) is 0 Å². The highest BCUT2D eigenvalue weighted by Gasteiger charge is 2.11. The zero-order valence-corrected chi connectivity index (χ0v) is 11.7. The molecule has 3 aromatic rings. The largest absolute Gasteiger partial charge is 0.451 e. The number of aromatic amines is 1. The molecule has 0 saturated carbocycles. The number of aromatic nitrogens is 1. The lowest BCUT2D eigenvalue weighted by Crippen LogP contribution is -2.21. The van der Waals surface area contributed by atoms with E-state index in [-0.39, 0.29) is 12.5 Å². The summed E-state index contributed by atoms with van der Waals surface area (Å²) in [5.41, 5.74) is 1.01. The van der Waals surface area contributed by atoms with Gasteiger partial charge in [0.2, 0.25) is 0 Å². The molecule has 3 rings (SSSR count). The van der Waals surface area contributed by atoms with Gasteiger partial charge >= 0.3 is 5.97 Å². The molecule has 0 atom stereocenters. The van der Waals surface area contributed by atoms with Crippen LogP contribution in [0.1, 0.15) is 10.5 Å². The van der Waals surface area contributed by atoms with Crippen molar-refractivity contribution in [2.45, 2.75) is 0 Å². The van der Waals surface area contributed by atoms with Gasteiger partial charge in [0.1, 0.15) is 5.69 Å². The van der Waals surface area contributed by atoms with Crippen LogP contribution in [0.15, 0.2) is 60.8 Å². The highest BCUT2D eigenvalue weighted by atomic mass is 16.5. The Morgan fingerprint density at radius 1 is 1.00 bits per heavy atom. The Bertz CT molecular complexity index is 804. The van der Waals surface area contributed by atoms with Crippen LogP contribution in [0.3, 0.4) is 0 Å². The number of esters is 1. The molecule has 1 aromatic heterocycles. The lowest BCUT2D eigenvalue weighted by Gasteiger charge is -2.09. The number of hydrogen-bond acceptors (Lipinski definition) is 3. The average molecular weight is 294 g/mol. The lowest BCUT2D eigenvalue weighted by molar-refractivity contribution is -0.119. The van der Waals surface area contributed by atoms with Gasteiger partial charge in [-0.3, -0.25) is 4.79 Å². The van der Waals surface area contributed by atoms with Gasteiger partial charge in [-0.2, -0.15) is 0 Å². The first-order valence-corrected chi connectivity index (χ1v) is 6.82. The van der Waals surface area contributed by atoms with Crippen LogP contribution in [0.5, 0.6) is 0 Å². The van der Waals surface area contributed by atoms with Crippen molar-refractivity contribution in [1.82, 2.24) is 4.98 Å². The first kappa shape index (κ1) is 13.9. The van der Waals surface area contributed by atoms with E-state index in [0.29, 0.717) is 11.4 Å². The molecule has 0 aliphatic rings. The number of rotatable bonds is 4. The maximum Gasteiger partial charge on any atom is 0.355 e. The molecule has 0 radical (unpaired) electrons. The molecular weight excluding hydrogens is 280 g/mol. The van der Waals surface area contributed by atoms with Crippen LogP contribution >= 0.6 is 0 Å². The van der Waals surface area contributed by atoms with Gasteiger partial charge in [-0.25, -0.2) is 4.79 Å². The molecule has 0 aliphatic carbocycles. The Balaban J connectivity index is 1.65.